The highest BCUT2D eigenvalue weighted by Gasteiger charge is 2.28. The Hall–Kier alpha value is -3.42. The van der Waals surface area contributed by atoms with Gasteiger partial charge in [-0.3, -0.25) is 14.9 Å². The van der Waals surface area contributed by atoms with Gasteiger partial charge in [-0.1, -0.05) is 18.2 Å². The molecule has 1 unspecified atom stereocenters. The molecule has 2 aromatic rings. The third-order valence-corrected chi connectivity index (χ3v) is 4.45. The topological polar surface area (TPSA) is 105 Å². The molecule has 0 bridgehead atoms. The fourth-order valence-corrected chi connectivity index (χ4v) is 3.01. The number of hydrogen-bond acceptors (Lipinski definition) is 4. The summed E-state index contributed by atoms with van der Waals surface area (Å²) in [5.74, 6) is -0.379. The number of nitro benzene ring substituents is 1. The lowest BCUT2D eigenvalue weighted by Crippen LogP contribution is -2.45. The molecular weight excluding hydrogens is 348 g/mol. The van der Waals surface area contributed by atoms with Gasteiger partial charge in [0, 0.05) is 36.6 Å². The van der Waals surface area contributed by atoms with Crippen molar-refractivity contribution >= 4 is 29.0 Å². The van der Waals surface area contributed by atoms with Crippen molar-refractivity contribution in [3.8, 4) is 0 Å². The number of piperidine rings is 1. The van der Waals surface area contributed by atoms with Gasteiger partial charge in [0.2, 0.25) is 5.91 Å². The summed E-state index contributed by atoms with van der Waals surface area (Å²) in [6, 6.07) is 14.5. The fraction of sp³-hybridized carbons (Fsp3) is 0.263. The van der Waals surface area contributed by atoms with E-state index in [1.807, 2.05) is 30.3 Å². The smallest absolute Gasteiger partial charge is 0.321 e. The number of carbonyl (C=O) groups is 2. The Morgan fingerprint density at radius 2 is 1.67 bits per heavy atom. The van der Waals surface area contributed by atoms with E-state index in [1.54, 1.807) is 4.90 Å². The van der Waals surface area contributed by atoms with Gasteiger partial charge in [-0.25, -0.2) is 4.79 Å². The second kappa shape index (κ2) is 8.31. The first kappa shape index (κ1) is 18.4. The lowest BCUT2D eigenvalue weighted by Gasteiger charge is -2.32. The average molecular weight is 368 g/mol. The van der Waals surface area contributed by atoms with E-state index >= 15 is 0 Å². The zero-order valence-corrected chi connectivity index (χ0v) is 14.6. The Kier molecular flexibility index (Phi) is 5.65. The maximum atomic E-state index is 12.5. The van der Waals surface area contributed by atoms with Crippen LogP contribution >= 0.6 is 0 Å². The van der Waals surface area contributed by atoms with Crippen LogP contribution in [-0.2, 0) is 4.79 Å². The normalized spacial score (nSPS) is 16.4. The molecular formula is C19H20N4O4. The first-order valence-corrected chi connectivity index (χ1v) is 8.69. The summed E-state index contributed by atoms with van der Waals surface area (Å²) in [4.78, 5) is 36.7. The maximum absolute atomic E-state index is 12.5. The quantitative estimate of drug-likeness (QED) is 0.637. The summed E-state index contributed by atoms with van der Waals surface area (Å²) in [6.45, 7) is 0.894. The van der Waals surface area contributed by atoms with Crippen LogP contribution in [0.25, 0.3) is 0 Å². The summed E-state index contributed by atoms with van der Waals surface area (Å²) in [5.41, 5.74) is 1.17. The molecule has 140 valence electrons. The third kappa shape index (κ3) is 4.81. The molecule has 1 saturated heterocycles. The molecule has 2 N–H and O–H groups in total. The summed E-state index contributed by atoms with van der Waals surface area (Å²) in [6.07, 6.45) is 1.46. The molecule has 0 aliphatic carbocycles. The van der Waals surface area contributed by atoms with Gasteiger partial charge in [0.05, 0.1) is 10.8 Å². The minimum absolute atomic E-state index is 0.0383. The number of amides is 3. The molecule has 3 amide bonds. The van der Waals surface area contributed by atoms with Gasteiger partial charge < -0.3 is 15.5 Å². The van der Waals surface area contributed by atoms with Crippen LogP contribution in [0.4, 0.5) is 21.9 Å². The van der Waals surface area contributed by atoms with Crippen LogP contribution in [0.3, 0.4) is 0 Å². The van der Waals surface area contributed by atoms with Gasteiger partial charge in [0.15, 0.2) is 0 Å². The van der Waals surface area contributed by atoms with Crippen molar-refractivity contribution in [2.75, 3.05) is 23.7 Å². The monoisotopic (exact) mass is 368 g/mol. The van der Waals surface area contributed by atoms with Gasteiger partial charge in [0.1, 0.15) is 0 Å². The molecule has 1 atom stereocenters. The molecule has 0 saturated carbocycles. The molecule has 0 aromatic heterocycles. The molecule has 0 radical (unpaired) electrons. The predicted octanol–water partition coefficient (Wildman–Crippen LogP) is 3.48. The van der Waals surface area contributed by atoms with E-state index < -0.39 is 4.92 Å². The number of rotatable bonds is 4. The van der Waals surface area contributed by atoms with E-state index in [0.29, 0.717) is 18.8 Å². The van der Waals surface area contributed by atoms with Crippen molar-refractivity contribution in [1.29, 1.82) is 0 Å². The SMILES string of the molecule is O=C(Nc1ccccc1)C1CCCN(C(=O)Nc2ccc([N+](=O)[O-])cc2)C1. The highest BCUT2D eigenvalue weighted by atomic mass is 16.6. The summed E-state index contributed by atoms with van der Waals surface area (Å²) in [7, 11) is 0. The van der Waals surface area contributed by atoms with E-state index in [1.165, 1.54) is 24.3 Å². The number of carbonyl (C=O) groups excluding carboxylic acids is 2. The zero-order valence-electron chi connectivity index (χ0n) is 14.6. The molecule has 8 heteroatoms. The molecule has 8 nitrogen and oxygen atoms in total. The number of para-hydroxylation sites is 1. The molecule has 1 aliphatic heterocycles. The summed E-state index contributed by atoms with van der Waals surface area (Å²) in [5, 5.41) is 16.3. The fourth-order valence-electron chi connectivity index (χ4n) is 3.01. The van der Waals surface area contributed by atoms with Crippen LogP contribution in [0, 0.1) is 16.0 Å². The minimum atomic E-state index is -0.494. The van der Waals surface area contributed by atoms with Crippen molar-refractivity contribution in [2.24, 2.45) is 5.92 Å². The van der Waals surface area contributed by atoms with Crippen molar-refractivity contribution in [2.45, 2.75) is 12.8 Å². The molecule has 1 aliphatic rings. The first-order chi connectivity index (χ1) is 13.0. The van der Waals surface area contributed by atoms with Crippen LogP contribution in [0.5, 0.6) is 0 Å². The lowest BCUT2D eigenvalue weighted by molar-refractivity contribution is -0.384. The van der Waals surface area contributed by atoms with Gasteiger partial charge in [0.25, 0.3) is 5.69 Å². The lowest BCUT2D eigenvalue weighted by atomic mass is 9.97. The van der Waals surface area contributed by atoms with Gasteiger partial charge in [-0.2, -0.15) is 0 Å². The maximum Gasteiger partial charge on any atom is 0.321 e. The van der Waals surface area contributed by atoms with E-state index in [-0.39, 0.29) is 23.5 Å². The second-order valence-electron chi connectivity index (χ2n) is 6.37. The Bertz CT molecular complexity index is 823. The zero-order chi connectivity index (χ0) is 19.2. The minimum Gasteiger partial charge on any atom is -0.326 e. The number of nitro groups is 1. The van der Waals surface area contributed by atoms with Crippen molar-refractivity contribution in [3.05, 3.63) is 64.7 Å². The summed E-state index contributed by atoms with van der Waals surface area (Å²) >= 11 is 0. The molecule has 1 fully saturated rings. The molecule has 1 heterocycles. The average Bonchev–Trinajstić information content (AvgIpc) is 2.69. The van der Waals surface area contributed by atoms with Crippen molar-refractivity contribution in [1.82, 2.24) is 4.90 Å². The first-order valence-electron chi connectivity index (χ1n) is 8.69. The predicted molar refractivity (Wildman–Crippen MR) is 101 cm³/mol. The number of benzene rings is 2. The van der Waals surface area contributed by atoms with Crippen LogP contribution < -0.4 is 10.6 Å². The van der Waals surface area contributed by atoms with Gasteiger partial charge in [-0.15, -0.1) is 0 Å². The van der Waals surface area contributed by atoms with Crippen LogP contribution in [0.15, 0.2) is 54.6 Å². The molecule has 0 spiro atoms. The number of anilines is 2. The van der Waals surface area contributed by atoms with Crippen LogP contribution in [-0.4, -0.2) is 34.9 Å². The van der Waals surface area contributed by atoms with Crippen LogP contribution in [0.2, 0.25) is 0 Å². The standard InChI is InChI=1S/C19H20N4O4/c24-18(20-15-6-2-1-3-7-15)14-5-4-12-22(13-14)19(25)21-16-8-10-17(11-9-16)23(26)27/h1-3,6-11,14H,4-5,12-13H2,(H,20,24)(H,21,25). The number of nitrogens with zero attached hydrogens (tertiary/aromatic N) is 2. The van der Waals surface area contributed by atoms with E-state index in [0.717, 1.165) is 18.5 Å². The van der Waals surface area contributed by atoms with Gasteiger partial charge in [-0.05, 0) is 37.1 Å². The Labute approximate surface area is 156 Å². The van der Waals surface area contributed by atoms with Crippen molar-refractivity contribution in [3.63, 3.8) is 0 Å². The Balaban J connectivity index is 1.57. The van der Waals surface area contributed by atoms with Crippen molar-refractivity contribution < 1.29 is 14.5 Å². The number of hydrogen-bond donors (Lipinski definition) is 2. The molecule has 3 rings (SSSR count). The largest absolute Gasteiger partial charge is 0.326 e. The van der Waals surface area contributed by atoms with Gasteiger partial charge >= 0.3 is 6.03 Å². The van der Waals surface area contributed by atoms with Crippen LogP contribution in [0.1, 0.15) is 12.8 Å². The molecule has 27 heavy (non-hydrogen) atoms. The summed E-state index contributed by atoms with van der Waals surface area (Å²) < 4.78 is 0. The van der Waals surface area contributed by atoms with E-state index in [9.17, 15) is 19.7 Å². The molecule has 2 aromatic carbocycles. The van der Waals surface area contributed by atoms with E-state index in [2.05, 4.69) is 10.6 Å². The Morgan fingerprint density at radius 3 is 2.33 bits per heavy atom. The highest BCUT2D eigenvalue weighted by Crippen LogP contribution is 2.21. The number of nitrogens with one attached hydrogen (secondary N) is 2. The van der Waals surface area contributed by atoms with E-state index in [4.69, 9.17) is 0 Å². The number of likely N-dealkylation sites (tertiary alicyclic amines) is 1. The number of non-ortho nitro benzene ring substituents is 1. The third-order valence-electron chi connectivity index (χ3n) is 4.45. The Morgan fingerprint density at radius 1 is 1.00 bits per heavy atom. The second-order valence-corrected chi connectivity index (χ2v) is 6.37. The highest BCUT2D eigenvalue weighted by molar-refractivity contribution is 5.94. The number of urea groups is 1.